The topological polar surface area (TPSA) is 91.3 Å². The number of pyridine rings is 1. The van der Waals surface area contributed by atoms with Crippen LogP contribution in [0.4, 0.5) is 10.5 Å². The van der Waals surface area contributed by atoms with Gasteiger partial charge in [-0.2, -0.15) is 0 Å². The molecule has 0 unspecified atom stereocenters. The molecule has 0 saturated heterocycles. The number of aryl methyl sites for hydroxylation is 1. The maximum Gasteiger partial charge on any atom is 0.335 e. The second kappa shape index (κ2) is 6.51. The first kappa shape index (κ1) is 14.5. The molecule has 0 spiro atoms. The van der Waals surface area contributed by atoms with E-state index < -0.39 is 5.97 Å². The van der Waals surface area contributed by atoms with Crippen LogP contribution in [0, 0.1) is 6.92 Å². The minimum absolute atomic E-state index is 0.217. The highest BCUT2D eigenvalue weighted by atomic mass is 16.4. The van der Waals surface area contributed by atoms with E-state index in [2.05, 4.69) is 15.6 Å². The number of hydrogen-bond donors (Lipinski definition) is 3. The zero-order chi connectivity index (χ0) is 15.2. The number of urea groups is 1. The minimum Gasteiger partial charge on any atom is -0.478 e. The van der Waals surface area contributed by atoms with Crippen LogP contribution in [0.15, 0.2) is 42.6 Å². The van der Waals surface area contributed by atoms with Gasteiger partial charge in [0.15, 0.2) is 0 Å². The van der Waals surface area contributed by atoms with Crippen molar-refractivity contribution < 1.29 is 14.7 Å². The van der Waals surface area contributed by atoms with Crippen molar-refractivity contribution in [2.45, 2.75) is 13.5 Å². The number of anilines is 1. The Bertz CT molecular complexity index is 656. The second-order valence-electron chi connectivity index (χ2n) is 4.46. The Morgan fingerprint density at radius 2 is 2.05 bits per heavy atom. The summed E-state index contributed by atoms with van der Waals surface area (Å²) in [5.74, 6) is -0.987. The highest BCUT2D eigenvalue weighted by Crippen LogP contribution is 2.15. The summed E-state index contributed by atoms with van der Waals surface area (Å²) >= 11 is 0. The number of rotatable bonds is 4. The molecule has 0 aliphatic heterocycles. The molecule has 0 radical (unpaired) electrons. The van der Waals surface area contributed by atoms with Crippen LogP contribution in [0.2, 0.25) is 0 Å². The number of nitrogens with zero attached hydrogens (tertiary/aromatic N) is 1. The fourth-order valence-electron chi connectivity index (χ4n) is 1.83. The molecule has 0 bridgehead atoms. The van der Waals surface area contributed by atoms with Crippen LogP contribution in [0.5, 0.6) is 0 Å². The van der Waals surface area contributed by atoms with Crippen molar-refractivity contribution >= 4 is 17.7 Å². The van der Waals surface area contributed by atoms with Crippen LogP contribution in [-0.4, -0.2) is 22.1 Å². The number of carbonyl (C=O) groups excluding carboxylic acids is 1. The van der Waals surface area contributed by atoms with Gasteiger partial charge in [0.1, 0.15) is 0 Å². The minimum atomic E-state index is -0.987. The van der Waals surface area contributed by atoms with Crippen molar-refractivity contribution in [1.82, 2.24) is 10.3 Å². The fraction of sp³-hybridized carbons (Fsp3) is 0.133. The van der Waals surface area contributed by atoms with E-state index in [0.29, 0.717) is 17.8 Å². The van der Waals surface area contributed by atoms with E-state index in [9.17, 15) is 9.59 Å². The van der Waals surface area contributed by atoms with Crippen molar-refractivity contribution in [1.29, 1.82) is 0 Å². The highest BCUT2D eigenvalue weighted by Gasteiger charge is 2.08. The molecule has 1 aromatic heterocycles. The molecule has 0 aliphatic carbocycles. The number of nitrogens with one attached hydrogen (secondary N) is 2. The van der Waals surface area contributed by atoms with Crippen molar-refractivity contribution in [2.24, 2.45) is 0 Å². The lowest BCUT2D eigenvalue weighted by Crippen LogP contribution is -2.28. The first-order valence-corrected chi connectivity index (χ1v) is 6.35. The molecule has 0 saturated carbocycles. The van der Waals surface area contributed by atoms with Gasteiger partial charge in [0.2, 0.25) is 0 Å². The summed E-state index contributed by atoms with van der Waals surface area (Å²) in [6.45, 7) is 2.00. The van der Waals surface area contributed by atoms with E-state index in [-0.39, 0.29) is 11.6 Å². The van der Waals surface area contributed by atoms with Gasteiger partial charge in [-0.1, -0.05) is 6.07 Å². The molecule has 0 atom stereocenters. The van der Waals surface area contributed by atoms with Crippen molar-refractivity contribution in [3.63, 3.8) is 0 Å². The standard InChI is InChI=1S/C15H15N3O3/c1-10-8-11(5-6-13(10)14(19)20)18-15(21)17-9-12-4-2-3-7-16-12/h2-8H,9H2,1H3,(H,19,20)(H2,17,18,21). The summed E-state index contributed by atoms with van der Waals surface area (Å²) in [6.07, 6.45) is 1.66. The van der Waals surface area contributed by atoms with E-state index in [1.807, 2.05) is 12.1 Å². The summed E-state index contributed by atoms with van der Waals surface area (Å²) in [6, 6.07) is 9.72. The SMILES string of the molecule is Cc1cc(NC(=O)NCc2ccccn2)ccc1C(=O)O. The molecule has 3 N–H and O–H groups in total. The van der Waals surface area contributed by atoms with Gasteiger partial charge in [-0.05, 0) is 42.8 Å². The Hall–Kier alpha value is -2.89. The van der Waals surface area contributed by atoms with E-state index in [0.717, 1.165) is 5.69 Å². The molecule has 0 aliphatic rings. The molecule has 2 aromatic rings. The summed E-state index contributed by atoms with van der Waals surface area (Å²) in [4.78, 5) is 26.8. The number of carboxylic acid groups (broad SMARTS) is 1. The normalized spacial score (nSPS) is 9.95. The Kier molecular flexibility index (Phi) is 4.50. The number of amides is 2. The lowest BCUT2D eigenvalue weighted by molar-refractivity contribution is 0.0696. The van der Waals surface area contributed by atoms with Crippen LogP contribution in [-0.2, 0) is 6.54 Å². The van der Waals surface area contributed by atoms with Gasteiger partial charge in [-0.25, -0.2) is 9.59 Å². The van der Waals surface area contributed by atoms with E-state index in [4.69, 9.17) is 5.11 Å². The second-order valence-corrected chi connectivity index (χ2v) is 4.46. The summed E-state index contributed by atoms with van der Waals surface area (Å²) in [5, 5.41) is 14.3. The average molecular weight is 285 g/mol. The lowest BCUT2D eigenvalue weighted by Gasteiger charge is -2.09. The van der Waals surface area contributed by atoms with E-state index >= 15 is 0 Å². The molecule has 2 rings (SSSR count). The molecule has 6 nitrogen and oxygen atoms in total. The first-order chi connectivity index (χ1) is 10.1. The summed E-state index contributed by atoms with van der Waals surface area (Å²) < 4.78 is 0. The lowest BCUT2D eigenvalue weighted by atomic mass is 10.1. The van der Waals surface area contributed by atoms with Crippen LogP contribution in [0.25, 0.3) is 0 Å². The molecule has 2 amide bonds. The highest BCUT2D eigenvalue weighted by molar-refractivity contribution is 5.92. The predicted octanol–water partition coefficient (Wildman–Crippen LogP) is 2.41. The van der Waals surface area contributed by atoms with Crippen LogP contribution >= 0.6 is 0 Å². The average Bonchev–Trinajstić information content (AvgIpc) is 2.46. The van der Waals surface area contributed by atoms with Gasteiger partial charge in [0, 0.05) is 11.9 Å². The van der Waals surface area contributed by atoms with Gasteiger partial charge < -0.3 is 15.7 Å². The quantitative estimate of drug-likeness (QED) is 0.804. The Balaban J connectivity index is 1.94. The number of carbonyl (C=O) groups is 2. The van der Waals surface area contributed by atoms with Crippen molar-refractivity contribution in [3.8, 4) is 0 Å². The largest absolute Gasteiger partial charge is 0.478 e. The van der Waals surface area contributed by atoms with Gasteiger partial charge in [0.25, 0.3) is 0 Å². The predicted molar refractivity (Wildman–Crippen MR) is 78.2 cm³/mol. The number of aromatic carboxylic acids is 1. The third kappa shape index (κ3) is 4.04. The number of hydrogen-bond acceptors (Lipinski definition) is 3. The molecule has 1 aromatic carbocycles. The van der Waals surface area contributed by atoms with E-state index in [1.165, 1.54) is 6.07 Å². The number of carboxylic acids is 1. The van der Waals surface area contributed by atoms with Crippen LogP contribution in [0.1, 0.15) is 21.6 Å². The fourth-order valence-corrected chi connectivity index (χ4v) is 1.83. The van der Waals surface area contributed by atoms with E-state index in [1.54, 1.807) is 31.3 Å². The summed E-state index contributed by atoms with van der Waals surface area (Å²) in [5.41, 5.74) is 2.10. The summed E-state index contributed by atoms with van der Waals surface area (Å²) in [7, 11) is 0. The third-order valence-corrected chi connectivity index (χ3v) is 2.87. The third-order valence-electron chi connectivity index (χ3n) is 2.87. The number of aromatic nitrogens is 1. The Labute approximate surface area is 121 Å². The van der Waals surface area contributed by atoms with Gasteiger partial charge in [0.05, 0.1) is 17.8 Å². The Morgan fingerprint density at radius 1 is 1.24 bits per heavy atom. The smallest absolute Gasteiger partial charge is 0.335 e. The molecule has 108 valence electrons. The molecule has 6 heteroatoms. The monoisotopic (exact) mass is 285 g/mol. The van der Waals surface area contributed by atoms with Gasteiger partial charge in [-0.15, -0.1) is 0 Å². The molecular formula is C15H15N3O3. The first-order valence-electron chi connectivity index (χ1n) is 6.35. The van der Waals surface area contributed by atoms with Crippen LogP contribution in [0.3, 0.4) is 0 Å². The zero-order valence-electron chi connectivity index (χ0n) is 11.5. The molecular weight excluding hydrogens is 270 g/mol. The Morgan fingerprint density at radius 3 is 2.67 bits per heavy atom. The van der Waals surface area contributed by atoms with Gasteiger partial charge >= 0.3 is 12.0 Å². The van der Waals surface area contributed by atoms with Crippen LogP contribution < -0.4 is 10.6 Å². The van der Waals surface area contributed by atoms with Gasteiger partial charge in [-0.3, -0.25) is 4.98 Å². The molecule has 1 heterocycles. The molecule has 21 heavy (non-hydrogen) atoms. The van der Waals surface area contributed by atoms with Crippen molar-refractivity contribution in [3.05, 3.63) is 59.4 Å². The van der Waals surface area contributed by atoms with Crippen molar-refractivity contribution in [2.75, 3.05) is 5.32 Å². The maximum absolute atomic E-state index is 11.7. The maximum atomic E-state index is 11.7. The zero-order valence-corrected chi connectivity index (χ0v) is 11.5. The number of benzene rings is 1. The molecule has 0 fully saturated rings.